The Hall–Kier alpha value is -1.06. The van der Waals surface area contributed by atoms with Gasteiger partial charge in [0.05, 0.1) is 18.8 Å². The minimum absolute atomic E-state index is 0. The van der Waals surface area contributed by atoms with Crippen molar-refractivity contribution in [3.05, 3.63) is 29.3 Å². The molecule has 164 valence electrons. The molecule has 2 heterocycles. The molecule has 2 aliphatic rings. The molecule has 2 unspecified atom stereocenters. The van der Waals surface area contributed by atoms with Gasteiger partial charge < -0.3 is 24.8 Å². The van der Waals surface area contributed by atoms with Crippen molar-refractivity contribution in [3.63, 3.8) is 0 Å². The third-order valence-electron chi connectivity index (χ3n) is 5.21. The van der Waals surface area contributed by atoms with E-state index in [2.05, 4.69) is 42.7 Å². The molecular formula is C22H36IN3O3. The van der Waals surface area contributed by atoms with Gasteiger partial charge in [-0.3, -0.25) is 0 Å². The molecule has 0 radical (unpaired) electrons. The second-order valence-electron chi connectivity index (χ2n) is 7.60. The van der Waals surface area contributed by atoms with Crippen LogP contribution in [0.4, 0.5) is 0 Å². The van der Waals surface area contributed by atoms with E-state index in [1.54, 1.807) is 0 Å². The first-order valence-corrected chi connectivity index (χ1v) is 10.7. The highest BCUT2D eigenvalue weighted by Gasteiger charge is 2.17. The first-order chi connectivity index (χ1) is 13.7. The van der Waals surface area contributed by atoms with Crippen LogP contribution in [0.5, 0.6) is 5.75 Å². The number of aliphatic imine (C=N–C) groups is 1. The summed E-state index contributed by atoms with van der Waals surface area (Å²) in [4.78, 5) is 4.76. The summed E-state index contributed by atoms with van der Waals surface area (Å²) < 4.78 is 17.5. The lowest BCUT2D eigenvalue weighted by molar-refractivity contribution is 0.0676. The molecule has 1 aromatic carbocycles. The van der Waals surface area contributed by atoms with Crippen LogP contribution in [0.1, 0.15) is 50.2 Å². The van der Waals surface area contributed by atoms with Crippen LogP contribution in [-0.2, 0) is 16.0 Å². The second-order valence-corrected chi connectivity index (χ2v) is 7.60. The highest BCUT2D eigenvalue weighted by Crippen LogP contribution is 2.23. The summed E-state index contributed by atoms with van der Waals surface area (Å²) in [6, 6.07) is 6.32. The van der Waals surface area contributed by atoms with Crippen LogP contribution in [0.3, 0.4) is 0 Å². The lowest BCUT2D eigenvalue weighted by atomic mass is 10.1. The van der Waals surface area contributed by atoms with Gasteiger partial charge in [-0.1, -0.05) is 12.1 Å². The Bertz CT molecular complexity index is 630. The van der Waals surface area contributed by atoms with Crippen LogP contribution in [0.25, 0.3) is 0 Å². The Labute approximate surface area is 192 Å². The number of hydrogen-bond donors (Lipinski definition) is 2. The lowest BCUT2D eigenvalue weighted by Gasteiger charge is -2.16. The van der Waals surface area contributed by atoms with Crippen LogP contribution < -0.4 is 15.4 Å². The molecule has 0 saturated carbocycles. The van der Waals surface area contributed by atoms with E-state index in [0.29, 0.717) is 19.3 Å². The van der Waals surface area contributed by atoms with Gasteiger partial charge in [-0.15, -0.1) is 24.0 Å². The number of ether oxygens (including phenoxy) is 3. The standard InChI is InChI=1S/C22H35N3O3.HI/c1-3-23-22(24-11-10-19-6-4-12-26-19)25-15-18-9-8-17(2)14-21(18)28-16-20-7-5-13-27-20;/h8-9,14,19-20H,3-7,10-13,15-16H2,1-2H3,(H2,23,24,25);1H. The molecule has 0 spiro atoms. The van der Waals surface area contributed by atoms with E-state index in [4.69, 9.17) is 19.2 Å². The SMILES string of the molecule is CCNC(=NCc1ccc(C)cc1OCC1CCCO1)NCCC1CCCO1.I. The lowest BCUT2D eigenvalue weighted by Crippen LogP contribution is -2.38. The molecule has 0 aromatic heterocycles. The molecule has 29 heavy (non-hydrogen) atoms. The number of nitrogens with one attached hydrogen (secondary N) is 2. The smallest absolute Gasteiger partial charge is 0.191 e. The number of aryl methyl sites for hydroxylation is 1. The number of benzene rings is 1. The molecule has 0 amide bonds. The fourth-order valence-corrected chi connectivity index (χ4v) is 3.61. The molecule has 2 aliphatic heterocycles. The van der Waals surface area contributed by atoms with Gasteiger partial charge in [0.15, 0.2) is 5.96 Å². The molecule has 7 heteroatoms. The minimum Gasteiger partial charge on any atom is -0.491 e. The third-order valence-corrected chi connectivity index (χ3v) is 5.21. The first-order valence-electron chi connectivity index (χ1n) is 10.7. The van der Waals surface area contributed by atoms with Gasteiger partial charge in [0.2, 0.25) is 0 Å². The summed E-state index contributed by atoms with van der Waals surface area (Å²) in [5, 5.41) is 6.75. The van der Waals surface area contributed by atoms with Gasteiger partial charge in [0.1, 0.15) is 12.4 Å². The van der Waals surface area contributed by atoms with E-state index in [1.165, 1.54) is 18.4 Å². The number of rotatable bonds is 9. The zero-order valence-electron chi connectivity index (χ0n) is 17.7. The monoisotopic (exact) mass is 517 g/mol. The third kappa shape index (κ3) is 8.30. The molecular weight excluding hydrogens is 481 g/mol. The molecule has 6 nitrogen and oxygen atoms in total. The number of guanidine groups is 1. The molecule has 1 aromatic rings. The van der Waals surface area contributed by atoms with Crippen molar-refractivity contribution in [2.75, 3.05) is 32.9 Å². The maximum Gasteiger partial charge on any atom is 0.191 e. The van der Waals surface area contributed by atoms with Crippen molar-refractivity contribution in [3.8, 4) is 5.75 Å². The maximum atomic E-state index is 6.09. The van der Waals surface area contributed by atoms with Crippen LogP contribution in [-0.4, -0.2) is 51.1 Å². The van der Waals surface area contributed by atoms with E-state index in [-0.39, 0.29) is 30.1 Å². The molecule has 2 saturated heterocycles. The quantitative estimate of drug-likeness (QED) is 0.297. The fraction of sp³-hybridized carbons (Fsp3) is 0.682. The molecule has 0 aliphatic carbocycles. The van der Waals surface area contributed by atoms with Crippen molar-refractivity contribution in [1.29, 1.82) is 0 Å². The highest BCUT2D eigenvalue weighted by molar-refractivity contribution is 14.0. The predicted octanol–water partition coefficient (Wildman–Crippen LogP) is 3.80. The largest absolute Gasteiger partial charge is 0.491 e. The summed E-state index contributed by atoms with van der Waals surface area (Å²) in [5.74, 6) is 1.75. The van der Waals surface area contributed by atoms with Gasteiger partial charge in [-0.05, 0) is 57.6 Å². The van der Waals surface area contributed by atoms with Gasteiger partial charge in [0.25, 0.3) is 0 Å². The Morgan fingerprint density at radius 1 is 1.14 bits per heavy atom. The van der Waals surface area contributed by atoms with Crippen molar-refractivity contribution in [2.45, 2.75) is 64.7 Å². The zero-order valence-corrected chi connectivity index (χ0v) is 20.1. The van der Waals surface area contributed by atoms with E-state index in [1.807, 2.05) is 0 Å². The van der Waals surface area contributed by atoms with E-state index in [9.17, 15) is 0 Å². The molecule has 0 bridgehead atoms. The van der Waals surface area contributed by atoms with Crippen molar-refractivity contribution in [2.24, 2.45) is 4.99 Å². The number of halogens is 1. The Morgan fingerprint density at radius 3 is 2.59 bits per heavy atom. The van der Waals surface area contributed by atoms with Crippen LogP contribution >= 0.6 is 24.0 Å². The summed E-state index contributed by atoms with van der Waals surface area (Å²) in [7, 11) is 0. The number of nitrogens with zero attached hydrogens (tertiary/aromatic N) is 1. The molecule has 2 N–H and O–H groups in total. The number of hydrogen-bond acceptors (Lipinski definition) is 4. The maximum absolute atomic E-state index is 6.09. The normalized spacial score (nSPS) is 21.7. The average Bonchev–Trinajstić information content (AvgIpc) is 3.39. The van der Waals surface area contributed by atoms with Gasteiger partial charge in [-0.2, -0.15) is 0 Å². The Kier molecular flexibility index (Phi) is 11.1. The first kappa shape index (κ1) is 24.2. The van der Waals surface area contributed by atoms with Gasteiger partial charge in [-0.25, -0.2) is 4.99 Å². The zero-order chi connectivity index (χ0) is 19.6. The topological polar surface area (TPSA) is 64.1 Å². The Morgan fingerprint density at radius 2 is 1.90 bits per heavy atom. The Balaban J connectivity index is 0.00000300. The van der Waals surface area contributed by atoms with Crippen LogP contribution in [0, 0.1) is 6.92 Å². The van der Waals surface area contributed by atoms with E-state index >= 15 is 0 Å². The van der Waals surface area contributed by atoms with Crippen molar-refractivity contribution < 1.29 is 14.2 Å². The second kappa shape index (κ2) is 13.3. The average molecular weight is 517 g/mol. The van der Waals surface area contributed by atoms with Crippen LogP contribution in [0.15, 0.2) is 23.2 Å². The van der Waals surface area contributed by atoms with E-state index < -0.39 is 0 Å². The fourth-order valence-electron chi connectivity index (χ4n) is 3.61. The van der Waals surface area contributed by atoms with Gasteiger partial charge in [0, 0.05) is 31.9 Å². The molecule has 2 fully saturated rings. The molecule has 2 atom stereocenters. The van der Waals surface area contributed by atoms with Crippen molar-refractivity contribution >= 4 is 29.9 Å². The summed E-state index contributed by atoms with van der Waals surface area (Å²) in [6.45, 7) is 8.82. The molecule has 3 rings (SSSR count). The summed E-state index contributed by atoms with van der Waals surface area (Å²) in [6.07, 6.45) is 6.19. The van der Waals surface area contributed by atoms with E-state index in [0.717, 1.165) is 62.8 Å². The highest BCUT2D eigenvalue weighted by atomic mass is 127. The minimum atomic E-state index is 0. The van der Waals surface area contributed by atoms with Crippen LogP contribution in [0.2, 0.25) is 0 Å². The van der Waals surface area contributed by atoms with Crippen molar-refractivity contribution in [1.82, 2.24) is 10.6 Å². The summed E-state index contributed by atoms with van der Waals surface area (Å²) in [5.41, 5.74) is 2.29. The van der Waals surface area contributed by atoms with Gasteiger partial charge >= 0.3 is 0 Å². The summed E-state index contributed by atoms with van der Waals surface area (Å²) >= 11 is 0. The predicted molar refractivity (Wildman–Crippen MR) is 127 cm³/mol.